The lowest BCUT2D eigenvalue weighted by Gasteiger charge is -2.23. The third kappa shape index (κ3) is 5.32. The van der Waals surface area contributed by atoms with Crippen LogP contribution in [-0.2, 0) is 0 Å². The Morgan fingerprint density at radius 3 is 2.53 bits per heavy atom. The lowest BCUT2D eigenvalue weighted by atomic mass is 10.0. The van der Waals surface area contributed by atoms with E-state index in [1.807, 2.05) is 72.8 Å². The van der Waals surface area contributed by atoms with Crippen molar-refractivity contribution >= 4 is 46.4 Å². The van der Waals surface area contributed by atoms with Crippen molar-refractivity contribution in [3.63, 3.8) is 0 Å². The van der Waals surface area contributed by atoms with Crippen molar-refractivity contribution in [1.29, 1.82) is 0 Å². The maximum absolute atomic E-state index is 13.0. The van der Waals surface area contributed by atoms with Gasteiger partial charge in [0.15, 0.2) is 0 Å². The highest BCUT2D eigenvalue weighted by Gasteiger charge is 2.20. The first kappa shape index (κ1) is 24.2. The Morgan fingerprint density at radius 1 is 0.917 bits per heavy atom. The van der Waals surface area contributed by atoms with Gasteiger partial charge in [-0.3, -0.25) is 4.79 Å². The number of nitrogens with zero attached hydrogens (tertiary/aromatic N) is 2. The molecule has 0 aliphatic carbocycles. The van der Waals surface area contributed by atoms with E-state index in [1.54, 1.807) is 11.8 Å². The molecule has 4 aromatic carbocycles. The molecule has 4 nitrogen and oxygen atoms in total. The molecule has 1 aliphatic heterocycles. The first-order chi connectivity index (χ1) is 17.6. The van der Waals surface area contributed by atoms with Gasteiger partial charge < -0.3 is 10.2 Å². The fourth-order valence-electron chi connectivity index (χ4n) is 4.25. The zero-order valence-corrected chi connectivity index (χ0v) is 21.5. The number of rotatable bonds is 7. The van der Waals surface area contributed by atoms with E-state index in [0.29, 0.717) is 17.1 Å². The number of anilines is 1. The number of halogens is 1. The number of benzene rings is 4. The fourth-order valence-corrected chi connectivity index (χ4v) is 5.45. The topological polar surface area (TPSA) is 44.7 Å². The van der Waals surface area contributed by atoms with E-state index < -0.39 is 0 Å². The molecule has 1 heterocycles. The van der Waals surface area contributed by atoms with Crippen LogP contribution in [0.1, 0.15) is 28.4 Å². The van der Waals surface area contributed by atoms with Gasteiger partial charge in [0.05, 0.1) is 11.4 Å². The van der Waals surface area contributed by atoms with Gasteiger partial charge in [-0.25, -0.2) is 4.99 Å². The highest BCUT2D eigenvalue weighted by atomic mass is 35.5. The molecule has 4 aromatic rings. The Morgan fingerprint density at radius 2 is 1.72 bits per heavy atom. The molecule has 0 atom stereocenters. The Hall–Kier alpha value is -3.54. The molecule has 0 aromatic heterocycles. The number of hydrogen-bond donors (Lipinski definition) is 1. The largest absolute Gasteiger partial charge is 0.370 e. The quantitative estimate of drug-likeness (QED) is 0.250. The van der Waals surface area contributed by atoms with Crippen molar-refractivity contribution in [2.24, 2.45) is 4.99 Å². The molecule has 0 radical (unpaired) electrons. The number of para-hydroxylation sites is 1. The summed E-state index contributed by atoms with van der Waals surface area (Å²) in [5.74, 6) is -0.104. The van der Waals surface area contributed by atoms with E-state index in [9.17, 15) is 4.79 Å². The second-order valence-electron chi connectivity index (χ2n) is 8.42. The van der Waals surface area contributed by atoms with E-state index in [0.717, 1.165) is 51.1 Å². The lowest BCUT2D eigenvalue weighted by molar-refractivity contribution is 0.0954. The molecular formula is C30H26ClN3OS. The Kier molecular flexibility index (Phi) is 7.40. The number of hydrogen-bond acceptors (Lipinski definition) is 4. The van der Waals surface area contributed by atoms with Gasteiger partial charge in [0.1, 0.15) is 0 Å². The maximum Gasteiger partial charge on any atom is 0.251 e. The zero-order valence-electron chi connectivity index (χ0n) is 19.9. The van der Waals surface area contributed by atoms with E-state index in [4.69, 9.17) is 16.6 Å². The van der Waals surface area contributed by atoms with Crippen molar-refractivity contribution in [2.75, 3.05) is 24.5 Å². The number of aliphatic imine (C=N–C) groups is 1. The molecule has 180 valence electrons. The minimum absolute atomic E-state index is 0.104. The molecular weight excluding hydrogens is 486 g/mol. The van der Waals surface area contributed by atoms with Gasteiger partial charge in [-0.15, -0.1) is 0 Å². The summed E-state index contributed by atoms with van der Waals surface area (Å²) in [5, 5.41) is 3.73. The van der Waals surface area contributed by atoms with Gasteiger partial charge in [-0.1, -0.05) is 71.9 Å². The fraction of sp³-hybridized carbons (Fsp3) is 0.133. The summed E-state index contributed by atoms with van der Waals surface area (Å²) in [6, 6.07) is 31.9. The number of nitrogens with one attached hydrogen (secondary N) is 1. The average molecular weight is 512 g/mol. The smallest absolute Gasteiger partial charge is 0.251 e. The summed E-state index contributed by atoms with van der Waals surface area (Å²) in [6.07, 6.45) is 0. The van der Waals surface area contributed by atoms with Gasteiger partial charge in [-0.05, 0) is 55.5 Å². The number of likely N-dealkylation sites (N-methyl/N-ethyl adjacent to an activating group) is 1. The first-order valence-corrected chi connectivity index (χ1v) is 13.2. The average Bonchev–Trinajstić information content (AvgIpc) is 3.08. The van der Waals surface area contributed by atoms with Crippen LogP contribution in [0.3, 0.4) is 0 Å². The standard InChI is InChI=1S/C30H26ClN3OS/c1-2-34(24-11-4-3-5-12-24)18-17-32-30(35)22-15-16-28-26(20-22)33-29(21-9-8-10-23(31)19-21)25-13-6-7-14-27(25)36-28/h3-16,19-20H,2,17-18H2,1H3,(H,32,35). The SMILES string of the molecule is CCN(CCNC(=O)c1ccc2c(c1)N=C(c1cccc(Cl)c1)c1ccccc1S2)c1ccccc1. The monoisotopic (exact) mass is 511 g/mol. The van der Waals surface area contributed by atoms with Gasteiger partial charge in [0.25, 0.3) is 5.91 Å². The summed E-state index contributed by atoms with van der Waals surface area (Å²) in [4.78, 5) is 22.5. The van der Waals surface area contributed by atoms with Crippen LogP contribution in [0.5, 0.6) is 0 Å². The molecule has 1 aliphatic rings. The minimum Gasteiger partial charge on any atom is -0.370 e. The highest BCUT2D eigenvalue weighted by molar-refractivity contribution is 7.99. The van der Waals surface area contributed by atoms with Crippen molar-refractivity contribution in [1.82, 2.24) is 5.32 Å². The summed E-state index contributed by atoms with van der Waals surface area (Å²) < 4.78 is 0. The molecule has 36 heavy (non-hydrogen) atoms. The normalized spacial score (nSPS) is 12.1. The van der Waals surface area contributed by atoms with Crippen molar-refractivity contribution in [3.8, 4) is 0 Å². The maximum atomic E-state index is 13.0. The second kappa shape index (κ2) is 11.0. The highest BCUT2D eigenvalue weighted by Crippen LogP contribution is 2.41. The molecule has 1 amide bonds. The predicted molar refractivity (Wildman–Crippen MR) is 150 cm³/mol. The first-order valence-electron chi connectivity index (χ1n) is 12.0. The van der Waals surface area contributed by atoms with Crippen molar-refractivity contribution in [3.05, 3.63) is 119 Å². The molecule has 0 fully saturated rings. The molecule has 0 bridgehead atoms. The Labute approximate surface area is 221 Å². The molecule has 0 spiro atoms. The van der Waals surface area contributed by atoms with Crippen LogP contribution in [0, 0.1) is 0 Å². The van der Waals surface area contributed by atoms with E-state index >= 15 is 0 Å². The molecule has 0 saturated heterocycles. The third-order valence-corrected chi connectivity index (χ3v) is 7.46. The number of fused-ring (bicyclic) bond motifs is 2. The van der Waals surface area contributed by atoms with Crippen LogP contribution < -0.4 is 10.2 Å². The molecule has 0 unspecified atom stereocenters. The van der Waals surface area contributed by atoms with Gasteiger partial charge >= 0.3 is 0 Å². The Balaban J connectivity index is 1.39. The van der Waals surface area contributed by atoms with E-state index in [1.165, 1.54) is 0 Å². The minimum atomic E-state index is -0.104. The summed E-state index contributed by atoms with van der Waals surface area (Å²) >= 11 is 7.97. The lowest BCUT2D eigenvalue weighted by Crippen LogP contribution is -2.34. The number of carbonyl (C=O) groups is 1. The summed E-state index contributed by atoms with van der Waals surface area (Å²) in [7, 11) is 0. The van der Waals surface area contributed by atoms with Gasteiger partial charge in [0.2, 0.25) is 0 Å². The number of carbonyl (C=O) groups excluding carboxylic acids is 1. The van der Waals surface area contributed by atoms with Crippen LogP contribution in [0.4, 0.5) is 11.4 Å². The second-order valence-corrected chi connectivity index (χ2v) is 9.94. The summed E-state index contributed by atoms with van der Waals surface area (Å²) in [6.45, 7) is 4.28. The van der Waals surface area contributed by atoms with Crippen LogP contribution in [0.15, 0.2) is 112 Å². The van der Waals surface area contributed by atoms with Crippen molar-refractivity contribution < 1.29 is 4.79 Å². The van der Waals surface area contributed by atoms with Crippen LogP contribution in [-0.4, -0.2) is 31.3 Å². The number of amides is 1. The molecule has 6 heteroatoms. The van der Waals surface area contributed by atoms with E-state index in [-0.39, 0.29) is 5.91 Å². The molecule has 0 saturated carbocycles. The summed E-state index contributed by atoms with van der Waals surface area (Å²) in [5.41, 5.74) is 5.36. The van der Waals surface area contributed by atoms with Crippen molar-refractivity contribution in [2.45, 2.75) is 16.7 Å². The third-order valence-electron chi connectivity index (χ3n) is 6.08. The van der Waals surface area contributed by atoms with Crippen LogP contribution >= 0.6 is 23.4 Å². The van der Waals surface area contributed by atoms with Gasteiger partial charge in [-0.2, -0.15) is 0 Å². The van der Waals surface area contributed by atoms with Gasteiger partial charge in [0, 0.05) is 56.8 Å². The molecule has 5 rings (SSSR count). The zero-order chi connectivity index (χ0) is 24.9. The predicted octanol–water partition coefficient (Wildman–Crippen LogP) is 7.23. The van der Waals surface area contributed by atoms with Crippen LogP contribution in [0.2, 0.25) is 5.02 Å². The molecule has 1 N–H and O–H groups in total. The van der Waals surface area contributed by atoms with Crippen LogP contribution in [0.25, 0.3) is 0 Å². The van der Waals surface area contributed by atoms with E-state index in [2.05, 4.69) is 41.4 Å². The Bertz CT molecular complexity index is 1420.